The first kappa shape index (κ1) is 20.6. The van der Waals surface area contributed by atoms with Gasteiger partial charge in [0.25, 0.3) is 0 Å². The molecule has 1 saturated heterocycles. The summed E-state index contributed by atoms with van der Waals surface area (Å²) in [5, 5.41) is 8.18. The highest BCUT2D eigenvalue weighted by molar-refractivity contribution is 7.11. The van der Waals surface area contributed by atoms with Crippen LogP contribution in [0.25, 0.3) is 0 Å². The topological polar surface area (TPSA) is 61.8 Å². The van der Waals surface area contributed by atoms with Crippen molar-refractivity contribution in [1.29, 1.82) is 0 Å². The first-order valence-corrected chi connectivity index (χ1v) is 11.1. The fourth-order valence-corrected chi connectivity index (χ4v) is 5.07. The van der Waals surface area contributed by atoms with Crippen LogP contribution in [0, 0.1) is 19.3 Å². The summed E-state index contributed by atoms with van der Waals surface area (Å²) < 4.78 is 5.53. The molecule has 0 radical (unpaired) electrons. The van der Waals surface area contributed by atoms with Gasteiger partial charge in [-0.25, -0.2) is 4.98 Å². The van der Waals surface area contributed by atoms with Crippen LogP contribution in [0.3, 0.4) is 0 Å². The van der Waals surface area contributed by atoms with E-state index in [0.29, 0.717) is 5.41 Å². The Kier molecular flexibility index (Phi) is 7.49. The van der Waals surface area contributed by atoms with Crippen LogP contribution in [-0.4, -0.2) is 62.3 Å². The van der Waals surface area contributed by atoms with Gasteiger partial charge in [0.15, 0.2) is 5.96 Å². The lowest BCUT2D eigenvalue weighted by molar-refractivity contribution is 0.00820. The Balaban J connectivity index is 1.54. The summed E-state index contributed by atoms with van der Waals surface area (Å²) in [6, 6.07) is 0. The number of aryl methyl sites for hydroxylation is 2. The number of nitrogens with one attached hydrogen (secondary N) is 2. The smallest absolute Gasteiger partial charge is 0.191 e. The predicted octanol–water partition coefficient (Wildman–Crippen LogP) is 2.71. The molecule has 2 N–H and O–H groups in total. The second-order valence-electron chi connectivity index (χ2n) is 7.98. The highest BCUT2D eigenvalue weighted by Gasteiger charge is 2.34. The van der Waals surface area contributed by atoms with Crippen molar-refractivity contribution < 1.29 is 4.74 Å². The van der Waals surface area contributed by atoms with Crippen LogP contribution < -0.4 is 10.6 Å². The minimum Gasteiger partial charge on any atom is -0.379 e. The van der Waals surface area contributed by atoms with E-state index in [9.17, 15) is 0 Å². The summed E-state index contributed by atoms with van der Waals surface area (Å²) in [7, 11) is 1.85. The first-order valence-electron chi connectivity index (χ1n) is 10.3. The van der Waals surface area contributed by atoms with Gasteiger partial charge in [0.1, 0.15) is 5.01 Å². The maximum absolute atomic E-state index is 5.53. The van der Waals surface area contributed by atoms with Gasteiger partial charge in [0, 0.05) is 43.5 Å². The summed E-state index contributed by atoms with van der Waals surface area (Å²) in [5.74, 6) is 0.882. The molecule has 1 aromatic rings. The Morgan fingerprint density at radius 2 is 1.93 bits per heavy atom. The normalized spacial score (nSPS) is 21.2. The predicted molar refractivity (Wildman–Crippen MR) is 113 cm³/mol. The van der Waals surface area contributed by atoms with Crippen LogP contribution in [0.5, 0.6) is 0 Å². The zero-order chi connectivity index (χ0) is 19.1. The van der Waals surface area contributed by atoms with Crippen LogP contribution in [0.15, 0.2) is 4.99 Å². The lowest BCUT2D eigenvalue weighted by atomic mass is 9.73. The molecule has 0 aromatic carbocycles. The lowest BCUT2D eigenvalue weighted by Gasteiger charge is -2.42. The van der Waals surface area contributed by atoms with Gasteiger partial charge >= 0.3 is 0 Å². The summed E-state index contributed by atoms with van der Waals surface area (Å²) >= 11 is 1.76. The summed E-state index contributed by atoms with van der Waals surface area (Å²) in [4.78, 5) is 12.9. The molecule has 3 rings (SSSR count). The van der Waals surface area contributed by atoms with E-state index in [1.807, 2.05) is 7.05 Å². The van der Waals surface area contributed by atoms with Crippen molar-refractivity contribution in [1.82, 2.24) is 20.5 Å². The number of nitrogens with zero attached hydrogens (tertiary/aromatic N) is 3. The Bertz CT molecular complexity index is 598. The minimum atomic E-state index is 0.349. The van der Waals surface area contributed by atoms with Crippen molar-refractivity contribution in [3.05, 3.63) is 15.6 Å². The number of ether oxygens (including phenoxy) is 1. The number of morpholine rings is 1. The van der Waals surface area contributed by atoms with E-state index in [1.54, 1.807) is 11.3 Å². The monoisotopic (exact) mass is 393 g/mol. The Morgan fingerprint density at radius 1 is 1.19 bits per heavy atom. The number of thiazole rings is 1. The molecular formula is C20H35N5OS. The zero-order valence-corrected chi connectivity index (χ0v) is 18.0. The number of guanidine groups is 1. The summed E-state index contributed by atoms with van der Waals surface area (Å²) in [6.45, 7) is 11.0. The van der Waals surface area contributed by atoms with Crippen molar-refractivity contribution in [2.45, 2.75) is 52.5 Å². The Hall–Kier alpha value is -1.18. The number of rotatable bonds is 6. The number of hydrogen-bond acceptors (Lipinski definition) is 5. The molecule has 1 aliphatic carbocycles. The summed E-state index contributed by atoms with van der Waals surface area (Å²) in [5.41, 5.74) is 1.48. The van der Waals surface area contributed by atoms with Gasteiger partial charge < -0.3 is 15.4 Å². The van der Waals surface area contributed by atoms with Gasteiger partial charge in [-0.2, -0.15) is 0 Å². The molecule has 0 bridgehead atoms. The Labute approximate surface area is 167 Å². The molecule has 2 fully saturated rings. The standard InChI is InChI=1S/C20H35N5OS/c1-16-17(2)27-18(24-16)13-22-19(21-3)23-14-20(7-5-4-6-8-20)15-25-9-11-26-12-10-25/h4-15H2,1-3H3,(H2,21,22,23). The van der Waals surface area contributed by atoms with Crippen LogP contribution in [-0.2, 0) is 11.3 Å². The van der Waals surface area contributed by atoms with Crippen molar-refractivity contribution in [2.24, 2.45) is 10.4 Å². The van der Waals surface area contributed by atoms with Crippen LogP contribution in [0.2, 0.25) is 0 Å². The minimum absolute atomic E-state index is 0.349. The zero-order valence-electron chi connectivity index (χ0n) is 17.1. The first-order chi connectivity index (χ1) is 13.1. The maximum Gasteiger partial charge on any atom is 0.191 e. The number of hydrogen-bond donors (Lipinski definition) is 2. The van der Waals surface area contributed by atoms with Crippen LogP contribution >= 0.6 is 11.3 Å². The van der Waals surface area contributed by atoms with Gasteiger partial charge in [0.2, 0.25) is 0 Å². The van der Waals surface area contributed by atoms with E-state index < -0.39 is 0 Å². The second kappa shape index (κ2) is 9.85. The third-order valence-electron chi connectivity index (χ3n) is 5.91. The van der Waals surface area contributed by atoms with E-state index in [-0.39, 0.29) is 0 Å². The SMILES string of the molecule is CN=C(NCc1nc(C)c(C)s1)NCC1(CN2CCOCC2)CCCCC1. The van der Waals surface area contributed by atoms with E-state index in [0.717, 1.165) is 56.1 Å². The second-order valence-corrected chi connectivity index (χ2v) is 9.27. The molecule has 0 spiro atoms. The quantitative estimate of drug-likeness (QED) is 0.575. The lowest BCUT2D eigenvalue weighted by Crippen LogP contribution is -2.51. The molecule has 1 aromatic heterocycles. The molecule has 6 nitrogen and oxygen atoms in total. The molecule has 2 heterocycles. The molecule has 27 heavy (non-hydrogen) atoms. The highest BCUT2D eigenvalue weighted by Crippen LogP contribution is 2.36. The largest absolute Gasteiger partial charge is 0.379 e. The average molecular weight is 394 g/mol. The van der Waals surface area contributed by atoms with Crippen molar-refractivity contribution in [2.75, 3.05) is 46.4 Å². The average Bonchev–Trinajstić information content (AvgIpc) is 3.01. The van der Waals surface area contributed by atoms with E-state index >= 15 is 0 Å². The number of aromatic nitrogens is 1. The molecule has 2 aliphatic rings. The van der Waals surface area contributed by atoms with E-state index in [1.165, 1.54) is 43.5 Å². The van der Waals surface area contributed by atoms with Crippen LogP contribution in [0.1, 0.15) is 47.7 Å². The fourth-order valence-electron chi connectivity index (χ4n) is 4.19. The van der Waals surface area contributed by atoms with Gasteiger partial charge in [-0.1, -0.05) is 19.3 Å². The van der Waals surface area contributed by atoms with E-state index in [4.69, 9.17) is 4.74 Å². The third-order valence-corrected chi connectivity index (χ3v) is 6.98. The molecule has 1 saturated carbocycles. The van der Waals surface area contributed by atoms with Gasteiger partial charge in [0.05, 0.1) is 25.5 Å². The third kappa shape index (κ3) is 5.90. The maximum atomic E-state index is 5.53. The molecule has 1 aliphatic heterocycles. The summed E-state index contributed by atoms with van der Waals surface area (Å²) in [6.07, 6.45) is 6.67. The van der Waals surface area contributed by atoms with Crippen LogP contribution in [0.4, 0.5) is 0 Å². The molecule has 0 atom stereocenters. The van der Waals surface area contributed by atoms with Gasteiger partial charge in [-0.15, -0.1) is 11.3 Å². The van der Waals surface area contributed by atoms with Crippen molar-refractivity contribution in [3.63, 3.8) is 0 Å². The molecular weight excluding hydrogens is 358 g/mol. The molecule has 0 amide bonds. The van der Waals surface area contributed by atoms with Crippen molar-refractivity contribution in [3.8, 4) is 0 Å². The van der Waals surface area contributed by atoms with Crippen molar-refractivity contribution >= 4 is 17.3 Å². The highest BCUT2D eigenvalue weighted by atomic mass is 32.1. The molecule has 152 valence electrons. The Morgan fingerprint density at radius 3 is 2.56 bits per heavy atom. The fraction of sp³-hybridized carbons (Fsp3) is 0.800. The van der Waals surface area contributed by atoms with Gasteiger partial charge in [-0.3, -0.25) is 9.89 Å². The molecule has 0 unspecified atom stereocenters. The number of aliphatic imine (C=N–C) groups is 1. The van der Waals surface area contributed by atoms with Gasteiger partial charge in [-0.05, 0) is 26.7 Å². The molecule has 7 heteroatoms. The van der Waals surface area contributed by atoms with E-state index in [2.05, 4.69) is 39.4 Å².